The van der Waals surface area contributed by atoms with Gasteiger partial charge in [-0.2, -0.15) is 0 Å². The SMILES string of the molecule is COc1cc(SC)c(OC)cc1C[C@H](C)N. The quantitative estimate of drug-likeness (QED) is 0.804. The highest BCUT2D eigenvalue weighted by molar-refractivity contribution is 7.98. The zero-order valence-corrected chi connectivity index (χ0v) is 11.1. The standard InChI is InChI=1S/C12H19NO2S/c1-8(13)5-9-6-11(15-3)12(16-4)7-10(9)14-2/h6-8H,5,13H2,1-4H3/t8-/m0/s1. The van der Waals surface area contributed by atoms with Crippen molar-refractivity contribution in [3.8, 4) is 11.5 Å². The van der Waals surface area contributed by atoms with E-state index in [9.17, 15) is 0 Å². The maximum absolute atomic E-state index is 5.81. The first kappa shape index (κ1) is 13.2. The van der Waals surface area contributed by atoms with E-state index in [1.807, 2.05) is 25.3 Å². The van der Waals surface area contributed by atoms with E-state index in [2.05, 4.69) is 0 Å². The van der Waals surface area contributed by atoms with E-state index in [-0.39, 0.29) is 6.04 Å². The summed E-state index contributed by atoms with van der Waals surface area (Å²) in [7, 11) is 3.35. The van der Waals surface area contributed by atoms with Gasteiger partial charge >= 0.3 is 0 Å². The van der Waals surface area contributed by atoms with Gasteiger partial charge in [-0.1, -0.05) is 0 Å². The Morgan fingerprint density at radius 3 is 2.31 bits per heavy atom. The van der Waals surface area contributed by atoms with E-state index in [1.54, 1.807) is 26.0 Å². The molecule has 1 aromatic carbocycles. The van der Waals surface area contributed by atoms with Gasteiger partial charge in [-0.3, -0.25) is 0 Å². The molecule has 0 amide bonds. The van der Waals surface area contributed by atoms with Crippen molar-refractivity contribution in [2.24, 2.45) is 5.73 Å². The molecule has 0 saturated carbocycles. The molecule has 0 radical (unpaired) electrons. The van der Waals surface area contributed by atoms with Crippen LogP contribution in [0.5, 0.6) is 11.5 Å². The summed E-state index contributed by atoms with van der Waals surface area (Å²) in [6.07, 6.45) is 2.80. The predicted octanol–water partition coefficient (Wildman–Crippen LogP) is 2.32. The maximum Gasteiger partial charge on any atom is 0.132 e. The fourth-order valence-corrected chi connectivity index (χ4v) is 2.17. The van der Waals surface area contributed by atoms with Gasteiger partial charge in [0.2, 0.25) is 0 Å². The van der Waals surface area contributed by atoms with Gasteiger partial charge in [0, 0.05) is 6.04 Å². The predicted molar refractivity (Wildman–Crippen MR) is 68.7 cm³/mol. The van der Waals surface area contributed by atoms with Crippen LogP contribution >= 0.6 is 11.8 Å². The molecule has 3 nitrogen and oxygen atoms in total. The van der Waals surface area contributed by atoms with Crippen LogP contribution in [0.1, 0.15) is 12.5 Å². The van der Waals surface area contributed by atoms with Crippen molar-refractivity contribution >= 4 is 11.8 Å². The number of nitrogens with two attached hydrogens (primary N) is 1. The normalized spacial score (nSPS) is 12.3. The van der Waals surface area contributed by atoms with Gasteiger partial charge in [-0.05, 0) is 37.3 Å². The summed E-state index contributed by atoms with van der Waals surface area (Å²) in [6.45, 7) is 1.98. The molecule has 0 aliphatic heterocycles. The van der Waals surface area contributed by atoms with E-state index in [0.717, 1.165) is 28.4 Å². The van der Waals surface area contributed by atoms with Crippen LogP contribution in [-0.2, 0) is 6.42 Å². The van der Waals surface area contributed by atoms with Crippen LogP contribution in [0.3, 0.4) is 0 Å². The molecule has 0 unspecified atom stereocenters. The second-order valence-corrected chi connectivity index (χ2v) is 4.55. The van der Waals surface area contributed by atoms with Gasteiger partial charge in [0.25, 0.3) is 0 Å². The summed E-state index contributed by atoms with van der Waals surface area (Å²) < 4.78 is 10.7. The topological polar surface area (TPSA) is 44.5 Å². The van der Waals surface area contributed by atoms with Gasteiger partial charge in [0.15, 0.2) is 0 Å². The van der Waals surface area contributed by atoms with Crippen LogP contribution in [0.2, 0.25) is 0 Å². The minimum Gasteiger partial charge on any atom is -0.496 e. The molecule has 4 heteroatoms. The first-order valence-electron chi connectivity index (χ1n) is 5.16. The average molecular weight is 241 g/mol. The van der Waals surface area contributed by atoms with Gasteiger partial charge < -0.3 is 15.2 Å². The van der Waals surface area contributed by atoms with Crippen molar-refractivity contribution < 1.29 is 9.47 Å². The largest absolute Gasteiger partial charge is 0.496 e. The Kier molecular flexibility index (Phi) is 4.96. The van der Waals surface area contributed by atoms with Crippen LogP contribution < -0.4 is 15.2 Å². The Bertz CT molecular complexity index is 353. The third-order valence-electron chi connectivity index (χ3n) is 2.33. The van der Waals surface area contributed by atoms with Crippen LogP contribution in [-0.4, -0.2) is 26.5 Å². The Morgan fingerprint density at radius 2 is 1.88 bits per heavy atom. The van der Waals surface area contributed by atoms with Crippen molar-refractivity contribution in [1.29, 1.82) is 0 Å². The minimum absolute atomic E-state index is 0.110. The molecule has 1 rings (SSSR count). The lowest BCUT2D eigenvalue weighted by molar-refractivity contribution is 0.389. The number of hydrogen-bond acceptors (Lipinski definition) is 4. The monoisotopic (exact) mass is 241 g/mol. The van der Waals surface area contributed by atoms with E-state index >= 15 is 0 Å². The second-order valence-electron chi connectivity index (χ2n) is 3.70. The molecule has 0 saturated heterocycles. The van der Waals surface area contributed by atoms with E-state index in [4.69, 9.17) is 15.2 Å². The Labute approximate surface area is 101 Å². The molecule has 16 heavy (non-hydrogen) atoms. The summed E-state index contributed by atoms with van der Waals surface area (Å²) in [5, 5.41) is 0. The van der Waals surface area contributed by atoms with Crippen molar-refractivity contribution in [2.75, 3.05) is 20.5 Å². The van der Waals surface area contributed by atoms with Crippen molar-refractivity contribution in [3.63, 3.8) is 0 Å². The molecule has 2 N–H and O–H groups in total. The highest BCUT2D eigenvalue weighted by atomic mass is 32.2. The van der Waals surface area contributed by atoms with Crippen molar-refractivity contribution in [3.05, 3.63) is 17.7 Å². The lowest BCUT2D eigenvalue weighted by Crippen LogP contribution is -2.18. The molecule has 1 aromatic rings. The number of thioether (sulfide) groups is 1. The Hall–Kier alpha value is -0.870. The van der Waals surface area contributed by atoms with Crippen LogP contribution in [0.25, 0.3) is 0 Å². The van der Waals surface area contributed by atoms with Crippen molar-refractivity contribution in [1.82, 2.24) is 0 Å². The molecule has 0 bridgehead atoms. The van der Waals surface area contributed by atoms with E-state index in [0.29, 0.717) is 0 Å². The molecule has 0 fully saturated rings. The first-order valence-corrected chi connectivity index (χ1v) is 6.39. The molecule has 0 aliphatic carbocycles. The van der Waals surface area contributed by atoms with Crippen LogP contribution in [0.4, 0.5) is 0 Å². The summed E-state index contributed by atoms with van der Waals surface area (Å²) >= 11 is 1.64. The number of benzene rings is 1. The van der Waals surface area contributed by atoms with Crippen LogP contribution in [0.15, 0.2) is 17.0 Å². The average Bonchev–Trinajstić information content (AvgIpc) is 2.27. The third-order valence-corrected chi connectivity index (χ3v) is 3.09. The van der Waals surface area contributed by atoms with Gasteiger partial charge in [0.1, 0.15) is 11.5 Å². The smallest absolute Gasteiger partial charge is 0.132 e. The number of rotatable bonds is 5. The zero-order chi connectivity index (χ0) is 12.1. The lowest BCUT2D eigenvalue weighted by atomic mass is 10.1. The van der Waals surface area contributed by atoms with E-state index in [1.165, 1.54) is 0 Å². The van der Waals surface area contributed by atoms with E-state index < -0.39 is 0 Å². The minimum atomic E-state index is 0.110. The molecular weight excluding hydrogens is 222 g/mol. The van der Waals surface area contributed by atoms with Gasteiger partial charge in [-0.15, -0.1) is 11.8 Å². The van der Waals surface area contributed by atoms with Crippen LogP contribution in [0, 0.1) is 0 Å². The molecule has 0 spiro atoms. The summed E-state index contributed by atoms with van der Waals surface area (Å²) in [6, 6.07) is 4.12. The second kappa shape index (κ2) is 6.01. The van der Waals surface area contributed by atoms with Gasteiger partial charge in [-0.25, -0.2) is 0 Å². The highest BCUT2D eigenvalue weighted by Gasteiger charge is 2.11. The summed E-state index contributed by atoms with van der Waals surface area (Å²) in [5.41, 5.74) is 6.90. The molecule has 0 aromatic heterocycles. The fourth-order valence-electron chi connectivity index (χ4n) is 1.60. The molecule has 0 heterocycles. The number of ether oxygens (including phenoxy) is 2. The third kappa shape index (κ3) is 3.06. The fraction of sp³-hybridized carbons (Fsp3) is 0.500. The molecule has 0 aliphatic rings. The Balaban J connectivity index is 3.15. The highest BCUT2D eigenvalue weighted by Crippen LogP contribution is 2.34. The first-order chi connectivity index (χ1) is 7.62. The zero-order valence-electron chi connectivity index (χ0n) is 10.2. The molecule has 90 valence electrons. The number of hydrogen-bond donors (Lipinski definition) is 1. The van der Waals surface area contributed by atoms with Crippen molar-refractivity contribution in [2.45, 2.75) is 24.3 Å². The summed E-state index contributed by atoms with van der Waals surface area (Å²) in [5.74, 6) is 1.76. The Morgan fingerprint density at radius 1 is 1.25 bits per heavy atom. The maximum atomic E-state index is 5.81. The molecule has 1 atom stereocenters. The lowest BCUT2D eigenvalue weighted by Gasteiger charge is -2.15. The van der Waals surface area contributed by atoms with Gasteiger partial charge in [0.05, 0.1) is 19.1 Å². The number of methoxy groups -OCH3 is 2. The molecular formula is C12H19NO2S. The summed E-state index contributed by atoms with van der Waals surface area (Å²) in [4.78, 5) is 1.08.